The number of hydrogen-bond acceptors (Lipinski definition) is 6. The summed E-state index contributed by atoms with van der Waals surface area (Å²) >= 11 is 1.29. The second-order valence-corrected chi connectivity index (χ2v) is 10.7. The number of pyridine rings is 1. The van der Waals surface area contributed by atoms with E-state index >= 15 is 4.39 Å². The van der Waals surface area contributed by atoms with Crippen molar-refractivity contribution in [3.8, 4) is 11.5 Å². The van der Waals surface area contributed by atoms with Crippen molar-refractivity contribution in [2.75, 3.05) is 20.3 Å². The number of nitrogens with one attached hydrogen (secondary N) is 1. The van der Waals surface area contributed by atoms with Gasteiger partial charge in [-0.05, 0) is 56.9 Å². The van der Waals surface area contributed by atoms with Crippen LogP contribution in [0.25, 0.3) is 21.1 Å². The van der Waals surface area contributed by atoms with Crippen LogP contribution in [0.15, 0.2) is 36.5 Å². The highest BCUT2D eigenvalue weighted by Crippen LogP contribution is 2.38. The number of aromatic nitrogens is 2. The van der Waals surface area contributed by atoms with Crippen molar-refractivity contribution in [1.82, 2.24) is 19.8 Å². The Morgan fingerprint density at radius 2 is 2.03 bits per heavy atom. The van der Waals surface area contributed by atoms with Crippen LogP contribution in [-0.4, -0.2) is 58.7 Å². The average Bonchev–Trinajstić information content (AvgIpc) is 3.27. The lowest BCUT2D eigenvalue weighted by Gasteiger charge is -2.23. The van der Waals surface area contributed by atoms with E-state index in [0.29, 0.717) is 50.6 Å². The molecule has 6 rings (SSSR count). The van der Waals surface area contributed by atoms with Crippen LogP contribution in [0.5, 0.6) is 11.5 Å². The summed E-state index contributed by atoms with van der Waals surface area (Å²) in [6.45, 7) is 2.98. The first-order valence-electron chi connectivity index (χ1n) is 12.4. The predicted octanol–water partition coefficient (Wildman–Crippen LogP) is 5.46. The first-order valence-corrected chi connectivity index (χ1v) is 13.2. The minimum absolute atomic E-state index is 0.0423. The fourth-order valence-corrected chi connectivity index (χ4v) is 6.02. The first kappa shape index (κ1) is 23.9. The van der Waals surface area contributed by atoms with E-state index in [0.717, 1.165) is 25.7 Å². The minimum Gasteiger partial charge on any atom is -0.453 e. The zero-order chi connectivity index (χ0) is 25.7. The van der Waals surface area contributed by atoms with Gasteiger partial charge in [-0.25, -0.2) is 9.18 Å². The Labute approximate surface area is 217 Å². The van der Waals surface area contributed by atoms with Crippen molar-refractivity contribution in [3.05, 3.63) is 52.9 Å². The predicted molar refractivity (Wildman–Crippen MR) is 139 cm³/mol. The SMILES string of the molecule is COCC1CCCN1C(=O)c1cc2nccc(Oc3ccc4c(cc(C)n4C(=O)NC4CC4)c3F)c2s1. The van der Waals surface area contributed by atoms with Crippen LogP contribution in [0.4, 0.5) is 9.18 Å². The molecular formula is C27H27FN4O4S. The van der Waals surface area contributed by atoms with Crippen molar-refractivity contribution in [1.29, 1.82) is 0 Å². The molecule has 8 nitrogen and oxygen atoms in total. The third kappa shape index (κ3) is 4.34. The normalized spacial score (nSPS) is 17.6. The summed E-state index contributed by atoms with van der Waals surface area (Å²) < 4.78 is 29.1. The summed E-state index contributed by atoms with van der Waals surface area (Å²) in [5.74, 6) is -0.135. The van der Waals surface area contributed by atoms with Crippen LogP contribution < -0.4 is 10.1 Å². The van der Waals surface area contributed by atoms with E-state index in [9.17, 15) is 9.59 Å². The van der Waals surface area contributed by atoms with Gasteiger partial charge >= 0.3 is 6.03 Å². The standard InChI is InChI=1S/C27H27FN4O4S/c1-15-12-18-20(32(15)27(34)30-16-5-6-16)7-8-21(24(18)28)36-22-9-10-29-19-13-23(37-25(19)22)26(33)31-11-3-4-17(31)14-35-2/h7-10,12-13,16-17H,3-6,11,14H2,1-2H3,(H,30,34). The van der Waals surface area contributed by atoms with Crippen LogP contribution in [0, 0.1) is 12.7 Å². The molecule has 1 atom stereocenters. The highest BCUT2D eigenvalue weighted by Gasteiger charge is 2.31. The third-order valence-electron chi connectivity index (χ3n) is 6.98. The maximum absolute atomic E-state index is 15.6. The monoisotopic (exact) mass is 522 g/mol. The zero-order valence-corrected chi connectivity index (χ0v) is 21.4. The number of ether oxygens (including phenoxy) is 2. The molecule has 0 bridgehead atoms. The Balaban J connectivity index is 1.30. The molecule has 1 unspecified atom stereocenters. The number of halogens is 1. The summed E-state index contributed by atoms with van der Waals surface area (Å²) in [5.41, 5.74) is 1.75. The van der Waals surface area contributed by atoms with Gasteiger partial charge in [0.05, 0.1) is 33.3 Å². The second kappa shape index (κ2) is 9.42. The molecular weight excluding hydrogens is 495 g/mol. The Kier molecular flexibility index (Phi) is 6.08. The molecule has 1 aromatic carbocycles. The topological polar surface area (TPSA) is 85.7 Å². The van der Waals surface area contributed by atoms with Crippen LogP contribution in [0.3, 0.4) is 0 Å². The van der Waals surface area contributed by atoms with Gasteiger partial charge in [0.1, 0.15) is 5.75 Å². The average molecular weight is 523 g/mol. The van der Waals surface area contributed by atoms with Crippen LogP contribution in [0.2, 0.25) is 0 Å². The van der Waals surface area contributed by atoms with Crippen LogP contribution in [0.1, 0.15) is 41.0 Å². The lowest BCUT2D eigenvalue weighted by atomic mass is 10.2. The van der Waals surface area contributed by atoms with E-state index in [4.69, 9.17) is 9.47 Å². The van der Waals surface area contributed by atoms with Gasteiger partial charge in [0.25, 0.3) is 5.91 Å². The lowest BCUT2D eigenvalue weighted by molar-refractivity contribution is 0.0635. The van der Waals surface area contributed by atoms with Gasteiger partial charge in [0.15, 0.2) is 11.6 Å². The number of methoxy groups -OCH3 is 1. The molecule has 0 spiro atoms. The molecule has 2 aliphatic rings. The van der Waals surface area contributed by atoms with Crippen molar-refractivity contribution < 1.29 is 23.5 Å². The molecule has 10 heteroatoms. The molecule has 2 amide bonds. The largest absolute Gasteiger partial charge is 0.453 e. The van der Waals surface area contributed by atoms with E-state index in [-0.39, 0.29) is 29.8 Å². The zero-order valence-electron chi connectivity index (χ0n) is 20.6. The van der Waals surface area contributed by atoms with E-state index in [2.05, 4.69) is 10.3 Å². The summed E-state index contributed by atoms with van der Waals surface area (Å²) in [7, 11) is 1.64. The molecule has 4 heterocycles. The maximum Gasteiger partial charge on any atom is 0.326 e. The number of nitrogens with zero attached hydrogens (tertiary/aromatic N) is 3. The number of fused-ring (bicyclic) bond motifs is 2. The van der Waals surface area contributed by atoms with Gasteiger partial charge in [-0.1, -0.05) is 0 Å². The highest BCUT2D eigenvalue weighted by molar-refractivity contribution is 7.21. The van der Waals surface area contributed by atoms with E-state index in [1.54, 1.807) is 44.5 Å². The number of carbonyl (C=O) groups is 2. The van der Waals surface area contributed by atoms with Gasteiger partial charge in [-0.15, -0.1) is 11.3 Å². The van der Waals surface area contributed by atoms with Gasteiger partial charge in [-0.2, -0.15) is 0 Å². The van der Waals surface area contributed by atoms with Crippen molar-refractivity contribution in [2.24, 2.45) is 0 Å². The molecule has 1 saturated heterocycles. The number of rotatable bonds is 6. The molecule has 1 N–H and O–H groups in total. The third-order valence-corrected chi connectivity index (χ3v) is 8.11. The first-order chi connectivity index (χ1) is 17.9. The lowest BCUT2D eigenvalue weighted by Crippen LogP contribution is -2.37. The molecule has 2 fully saturated rings. The molecule has 1 aliphatic carbocycles. The minimum atomic E-state index is -0.545. The highest BCUT2D eigenvalue weighted by atomic mass is 32.1. The molecule has 1 saturated carbocycles. The van der Waals surface area contributed by atoms with Gasteiger partial charge in [0, 0.05) is 43.0 Å². The number of aryl methyl sites for hydroxylation is 1. The molecule has 0 radical (unpaired) electrons. The maximum atomic E-state index is 15.6. The summed E-state index contributed by atoms with van der Waals surface area (Å²) in [6.07, 6.45) is 5.39. The molecule has 1 aliphatic heterocycles. The van der Waals surface area contributed by atoms with Crippen LogP contribution >= 0.6 is 11.3 Å². The summed E-state index contributed by atoms with van der Waals surface area (Å²) in [5, 5.41) is 3.26. The number of likely N-dealkylation sites (tertiary alicyclic amines) is 1. The molecule has 3 aromatic heterocycles. The van der Waals surface area contributed by atoms with Gasteiger partial charge in [0.2, 0.25) is 0 Å². The molecule has 192 valence electrons. The van der Waals surface area contributed by atoms with Crippen LogP contribution in [-0.2, 0) is 4.74 Å². The number of hydrogen-bond donors (Lipinski definition) is 1. The fraction of sp³-hybridized carbons (Fsp3) is 0.370. The number of amides is 2. The Bertz CT molecular complexity index is 1530. The van der Waals surface area contributed by atoms with Crippen molar-refractivity contribution in [3.63, 3.8) is 0 Å². The second-order valence-electron chi connectivity index (χ2n) is 9.64. The quantitative estimate of drug-likeness (QED) is 0.363. The summed E-state index contributed by atoms with van der Waals surface area (Å²) in [6, 6.07) is 8.32. The molecule has 4 aromatic rings. The van der Waals surface area contributed by atoms with Gasteiger partial charge < -0.3 is 19.7 Å². The number of benzene rings is 1. The van der Waals surface area contributed by atoms with E-state index < -0.39 is 5.82 Å². The Morgan fingerprint density at radius 1 is 1.19 bits per heavy atom. The summed E-state index contributed by atoms with van der Waals surface area (Å²) in [4.78, 5) is 32.8. The fourth-order valence-electron chi connectivity index (χ4n) is 5.00. The van der Waals surface area contributed by atoms with E-state index in [1.165, 1.54) is 22.0 Å². The number of carbonyl (C=O) groups excluding carboxylic acids is 2. The Morgan fingerprint density at radius 3 is 2.81 bits per heavy atom. The van der Waals surface area contributed by atoms with Crippen molar-refractivity contribution in [2.45, 2.75) is 44.7 Å². The van der Waals surface area contributed by atoms with Gasteiger partial charge in [-0.3, -0.25) is 14.3 Å². The number of thiophene rings is 1. The van der Waals surface area contributed by atoms with E-state index in [1.807, 2.05) is 4.90 Å². The smallest absolute Gasteiger partial charge is 0.326 e. The Hall–Kier alpha value is -3.50. The van der Waals surface area contributed by atoms with Crippen molar-refractivity contribution >= 4 is 44.4 Å². The molecule has 37 heavy (non-hydrogen) atoms.